The van der Waals surface area contributed by atoms with Crippen LogP contribution in [0.4, 0.5) is 13.2 Å². The second-order valence-electron chi connectivity index (χ2n) is 3.78. The van der Waals surface area contributed by atoms with E-state index < -0.39 is 12.8 Å². The first-order chi connectivity index (χ1) is 6.21. The number of hydroxylamine groups is 1. The topological polar surface area (TPSA) is 30.5 Å². The van der Waals surface area contributed by atoms with Gasteiger partial charge < -0.3 is 4.74 Å². The van der Waals surface area contributed by atoms with Crippen molar-refractivity contribution >= 4 is 0 Å². The minimum Gasteiger partial charge on any atom is -0.371 e. The predicted molar refractivity (Wildman–Crippen MR) is 45.7 cm³/mol. The third kappa shape index (κ3) is 11.7. The summed E-state index contributed by atoms with van der Waals surface area (Å²) in [6.45, 7) is 4.47. The molecule has 0 aliphatic rings. The van der Waals surface area contributed by atoms with Crippen LogP contribution in [0.2, 0.25) is 0 Å². The van der Waals surface area contributed by atoms with Gasteiger partial charge in [-0.3, -0.25) is 4.84 Å². The highest BCUT2D eigenvalue weighted by molar-refractivity contribution is 4.56. The van der Waals surface area contributed by atoms with Crippen molar-refractivity contribution in [3.8, 4) is 0 Å². The molecular formula is C8H16F3NO2. The van der Waals surface area contributed by atoms with Crippen molar-refractivity contribution in [3.63, 3.8) is 0 Å². The lowest BCUT2D eigenvalue weighted by Crippen LogP contribution is -2.32. The van der Waals surface area contributed by atoms with Crippen LogP contribution in [0, 0.1) is 0 Å². The Morgan fingerprint density at radius 2 is 1.71 bits per heavy atom. The molecule has 0 radical (unpaired) electrons. The summed E-state index contributed by atoms with van der Waals surface area (Å²) < 4.78 is 39.1. The van der Waals surface area contributed by atoms with Crippen LogP contribution in [-0.4, -0.2) is 31.5 Å². The van der Waals surface area contributed by atoms with Crippen molar-refractivity contribution in [1.82, 2.24) is 5.48 Å². The molecule has 0 aliphatic heterocycles. The molecule has 0 aromatic carbocycles. The van der Waals surface area contributed by atoms with E-state index in [4.69, 9.17) is 4.84 Å². The van der Waals surface area contributed by atoms with Crippen LogP contribution >= 0.6 is 0 Å². The summed E-state index contributed by atoms with van der Waals surface area (Å²) in [6.07, 6.45) is -4.26. The molecule has 0 saturated heterocycles. The van der Waals surface area contributed by atoms with Crippen molar-refractivity contribution < 1.29 is 22.7 Å². The van der Waals surface area contributed by atoms with Crippen molar-refractivity contribution in [1.29, 1.82) is 0 Å². The number of halogens is 3. The smallest absolute Gasteiger partial charge is 0.371 e. The lowest BCUT2D eigenvalue weighted by Gasteiger charge is -2.19. The Morgan fingerprint density at radius 3 is 2.14 bits per heavy atom. The van der Waals surface area contributed by atoms with E-state index in [0.717, 1.165) is 0 Å². The van der Waals surface area contributed by atoms with Crippen molar-refractivity contribution in [2.75, 3.05) is 19.8 Å². The maximum Gasteiger partial charge on any atom is 0.411 e. The van der Waals surface area contributed by atoms with Gasteiger partial charge in [-0.1, -0.05) is 0 Å². The maximum absolute atomic E-state index is 11.6. The van der Waals surface area contributed by atoms with Gasteiger partial charge in [0, 0.05) is 6.54 Å². The molecule has 0 aromatic heterocycles. The van der Waals surface area contributed by atoms with Crippen molar-refractivity contribution in [2.24, 2.45) is 0 Å². The molecule has 0 saturated carbocycles. The highest BCUT2D eigenvalue weighted by atomic mass is 19.4. The van der Waals surface area contributed by atoms with Gasteiger partial charge >= 0.3 is 6.18 Å². The van der Waals surface area contributed by atoms with Crippen LogP contribution < -0.4 is 5.48 Å². The third-order valence-corrected chi connectivity index (χ3v) is 0.993. The molecule has 86 valence electrons. The number of nitrogens with one attached hydrogen (secondary N) is 1. The SMILES string of the molecule is CC(C)(C)ONCCOCC(F)(F)F. The fraction of sp³-hybridized carbons (Fsp3) is 1.00. The summed E-state index contributed by atoms with van der Waals surface area (Å²) in [5.41, 5.74) is 2.16. The summed E-state index contributed by atoms with van der Waals surface area (Å²) in [5, 5.41) is 0. The highest BCUT2D eigenvalue weighted by Crippen LogP contribution is 2.13. The molecule has 0 bridgehead atoms. The van der Waals surface area contributed by atoms with Gasteiger partial charge in [0.1, 0.15) is 6.61 Å². The van der Waals surface area contributed by atoms with E-state index in [1.165, 1.54) is 0 Å². The third-order valence-electron chi connectivity index (χ3n) is 0.993. The summed E-state index contributed by atoms with van der Waals surface area (Å²) in [6, 6.07) is 0. The van der Waals surface area contributed by atoms with E-state index >= 15 is 0 Å². The number of hydrogen-bond donors (Lipinski definition) is 1. The van der Waals surface area contributed by atoms with E-state index in [0.29, 0.717) is 0 Å². The highest BCUT2D eigenvalue weighted by Gasteiger charge is 2.27. The Bertz CT molecular complexity index is 136. The zero-order valence-electron chi connectivity index (χ0n) is 8.57. The number of rotatable bonds is 5. The lowest BCUT2D eigenvalue weighted by atomic mass is 10.2. The van der Waals surface area contributed by atoms with Crippen LogP contribution in [0.3, 0.4) is 0 Å². The number of ether oxygens (including phenoxy) is 1. The fourth-order valence-corrected chi connectivity index (χ4v) is 0.569. The van der Waals surface area contributed by atoms with E-state index in [9.17, 15) is 13.2 Å². The van der Waals surface area contributed by atoms with Crippen LogP contribution in [0.25, 0.3) is 0 Å². The fourth-order valence-electron chi connectivity index (χ4n) is 0.569. The standard InChI is InChI=1S/C8H16F3NO2/c1-7(2,3)14-12-4-5-13-6-8(9,10)11/h12H,4-6H2,1-3H3. The normalized spacial score (nSPS) is 13.3. The monoisotopic (exact) mass is 215 g/mol. The summed E-state index contributed by atoms with van der Waals surface area (Å²) in [4.78, 5) is 5.05. The Hall–Kier alpha value is -0.330. The van der Waals surface area contributed by atoms with Gasteiger partial charge in [0.25, 0.3) is 0 Å². The molecule has 0 spiro atoms. The maximum atomic E-state index is 11.6. The molecule has 0 aliphatic carbocycles. The zero-order valence-corrected chi connectivity index (χ0v) is 8.57. The van der Waals surface area contributed by atoms with Gasteiger partial charge in [0.15, 0.2) is 0 Å². The van der Waals surface area contributed by atoms with Gasteiger partial charge in [-0.2, -0.15) is 18.7 Å². The summed E-state index contributed by atoms with van der Waals surface area (Å²) in [7, 11) is 0. The summed E-state index contributed by atoms with van der Waals surface area (Å²) in [5.74, 6) is 0. The second-order valence-corrected chi connectivity index (χ2v) is 3.78. The minimum absolute atomic E-state index is 0.0322. The van der Waals surface area contributed by atoms with Crippen molar-refractivity contribution in [2.45, 2.75) is 32.5 Å². The Balaban J connectivity index is 3.23. The molecule has 0 atom stereocenters. The molecule has 1 N–H and O–H groups in total. The first-order valence-electron chi connectivity index (χ1n) is 4.26. The Labute approximate surface area is 81.5 Å². The average molecular weight is 215 g/mol. The molecule has 0 fully saturated rings. The molecule has 0 heterocycles. The second kappa shape index (κ2) is 5.53. The average Bonchev–Trinajstić information content (AvgIpc) is 1.92. The molecule has 0 unspecified atom stereocenters. The molecule has 3 nitrogen and oxygen atoms in total. The summed E-state index contributed by atoms with van der Waals surface area (Å²) >= 11 is 0. The van der Waals surface area contributed by atoms with E-state index in [2.05, 4.69) is 10.2 Å². The van der Waals surface area contributed by atoms with Gasteiger partial charge in [-0.15, -0.1) is 0 Å². The van der Waals surface area contributed by atoms with E-state index in [1.807, 2.05) is 20.8 Å². The quantitative estimate of drug-likeness (QED) is 0.561. The van der Waals surface area contributed by atoms with Crippen LogP contribution in [0.5, 0.6) is 0 Å². The molecule has 0 amide bonds. The molecular weight excluding hydrogens is 199 g/mol. The number of hydrogen-bond acceptors (Lipinski definition) is 3. The van der Waals surface area contributed by atoms with Gasteiger partial charge in [-0.25, -0.2) is 0 Å². The first-order valence-corrected chi connectivity index (χ1v) is 4.26. The van der Waals surface area contributed by atoms with E-state index in [-0.39, 0.29) is 18.8 Å². The first kappa shape index (κ1) is 13.7. The van der Waals surface area contributed by atoms with Crippen LogP contribution in [0.1, 0.15) is 20.8 Å². The largest absolute Gasteiger partial charge is 0.411 e. The zero-order chi connectivity index (χ0) is 11.2. The molecule has 0 rings (SSSR count). The van der Waals surface area contributed by atoms with Crippen LogP contribution in [-0.2, 0) is 9.57 Å². The molecule has 6 heteroatoms. The van der Waals surface area contributed by atoms with E-state index in [1.54, 1.807) is 0 Å². The predicted octanol–water partition coefficient (Wildman–Crippen LogP) is 1.88. The Kier molecular flexibility index (Phi) is 5.40. The lowest BCUT2D eigenvalue weighted by molar-refractivity contribution is -0.176. The van der Waals surface area contributed by atoms with Gasteiger partial charge in [0.2, 0.25) is 0 Å². The van der Waals surface area contributed by atoms with Gasteiger partial charge in [-0.05, 0) is 20.8 Å². The molecule has 0 aromatic rings. The molecule has 14 heavy (non-hydrogen) atoms. The van der Waals surface area contributed by atoms with Crippen molar-refractivity contribution in [3.05, 3.63) is 0 Å². The Morgan fingerprint density at radius 1 is 1.14 bits per heavy atom. The minimum atomic E-state index is -4.26. The van der Waals surface area contributed by atoms with Crippen LogP contribution in [0.15, 0.2) is 0 Å². The number of alkyl halides is 3. The van der Waals surface area contributed by atoms with Gasteiger partial charge in [0.05, 0.1) is 12.2 Å².